The summed E-state index contributed by atoms with van der Waals surface area (Å²) in [5, 5.41) is 3.01. The molecule has 6 heteroatoms. The first kappa shape index (κ1) is 18.8. The van der Waals surface area contributed by atoms with Crippen molar-refractivity contribution < 1.29 is 19.1 Å². The van der Waals surface area contributed by atoms with E-state index >= 15 is 0 Å². The first-order valence-corrected chi connectivity index (χ1v) is 8.28. The van der Waals surface area contributed by atoms with E-state index in [1.807, 2.05) is 37.3 Å². The fraction of sp³-hybridized carbons (Fsp3) is 0.263. The van der Waals surface area contributed by atoms with Crippen LogP contribution in [0.3, 0.4) is 0 Å². The standard InChI is InChI=1S/C19H20ClNO4/c1-3-15(13-7-5-4-6-8-13)19(23)25-12-18(22)21-14-9-10-17(24-2)16(20)11-14/h4-11,15H,3,12H2,1-2H3,(H,21,22)/t15-/m1/s1. The molecule has 1 atom stereocenters. The van der Waals surface area contributed by atoms with Crippen molar-refractivity contribution in [1.82, 2.24) is 0 Å². The van der Waals surface area contributed by atoms with E-state index < -0.39 is 11.9 Å². The van der Waals surface area contributed by atoms with E-state index in [1.54, 1.807) is 18.2 Å². The Kier molecular flexibility index (Phi) is 6.83. The number of nitrogens with one attached hydrogen (secondary N) is 1. The first-order chi connectivity index (χ1) is 12.0. The van der Waals surface area contributed by atoms with Gasteiger partial charge in [-0.05, 0) is 30.2 Å². The summed E-state index contributed by atoms with van der Waals surface area (Å²) >= 11 is 6.01. The number of carbonyl (C=O) groups is 2. The number of hydrogen-bond acceptors (Lipinski definition) is 4. The Balaban J connectivity index is 1.90. The molecule has 0 aliphatic heterocycles. The van der Waals surface area contributed by atoms with Gasteiger partial charge in [0.15, 0.2) is 6.61 Å². The van der Waals surface area contributed by atoms with Crippen molar-refractivity contribution in [2.45, 2.75) is 19.3 Å². The summed E-state index contributed by atoms with van der Waals surface area (Å²) in [7, 11) is 1.51. The van der Waals surface area contributed by atoms with Crippen molar-refractivity contribution in [2.24, 2.45) is 0 Å². The average Bonchev–Trinajstić information content (AvgIpc) is 2.62. The molecule has 2 aromatic carbocycles. The Morgan fingerprint density at radius 3 is 2.48 bits per heavy atom. The zero-order valence-electron chi connectivity index (χ0n) is 14.1. The summed E-state index contributed by atoms with van der Waals surface area (Å²) in [6.45, 7) is 1.55. The fourth-order valence-electron chi connectivity index (χ4n) is 2.40. The zero-order chi connectivity index (χ0) is 18.2. The van der Waals surface area contributed by atoms with E-state index in [4.69, 9.17) is 21.1 Å². The molecule has 0 bridgehead atoms. The molecule has 0 aliphatic carbocycles. The third kappa shape index (κ3) is 5.22. The number of halogens is 1. The van der Waals surface area contributed by atoms with Crippen LogP contribution in [-0.4, -0.2) is 25.6 Å². The predicted octanol–water partition coefficient (Wildman–Crippen LogP) is 4.02. The van der Waals surface area contributed by atoms with Crippen molar-refractivity contribution in [2.75, 3.05) is 19.0 Å². The van der Waals surface area contributed by atoms with Crippen LogP contribution in [0.5, 0.6) is 5.75 Å². The predicted molar refractivity (Wildman–Crippen MR) is 97.1 cm³/mol. The minimum atomic E-state index is -0.433. The third-order valence-electron chi connectivity index (χ3n) is 3.68. The second kappa shape index (κ2) is 9.08. The summed E-state index contributed by atoms with van der Waals surface area (Å²) in [5.41, 5.74) is 1.37. The highest BCUT2D eigenvalue weighted by Crippen LogP contribution is 2.27. The van der Waals surface area contributed by atoms with Gasteiger partial charge in [-0.25, -0.2) is 0 Å². The molecule has 0 unspecified atom stereocenters. The van der Waals surface area contributed by atoms with E-state index in [1.165, 1.54) is 7.11 Å². The largest absolute Gasteiger partial charge is 0.495 e. The van der Waals surface area contributed by atoms with Crippen LogP contribution in [0.15, 0.2) is 48.5 Å². The maximum atomic E-state index is 12.2. The normalized spacial score (nSPS) is 11.5. The van der Waals surface area contributed by atoms with Gasteiger partial charge < -0.3 is 14.8 Å². The molecule has 132 valence electrons. The average molecular weight is 362 g/mol. The molecule has 2 aromatic rings. The number of hydrogen-bond donors (Lipinski definition) is 1. The van der Waals surface area contributed by atoms with Gasteiger partial charge in [-0.2, -0.15) is 0 Å². The Morgan fingerprint density at radius 1 is 1.16 bits per heavy atom. The Bertz CT molecular complexity index is 733. The van der Waals surface area contributed by atoms with Crippen LogP contribution in [0.4, 0.5) is 5.69 Å². The van der Waals surface area contributed by atoms with Crippen molar-refractivity contribution in [3.8, 4) is 5.75 Å². The van der Waals surface area contributed by atoms with Crippen molar-refractivity contribution in [3.63, 3.8) is 0 Å². The molecule has 0 heterocycles. The van der Waals surface area contributed by atoms with Crippen molar-refractivity contribution in [1.29, 1.82) is 0 Å². The van der Waals surface area contributed by atoms with Crippen LogP contribution in [0, 0.1) is 0 Å². The molecule has 0 radical (unpaired) electrons. The second-order valence-corrected chi connectivity index (χ2v) is 5.78. The van der Waals surface area contributed by atoms with Gasteiger partial charge in [0.05, 0.1) is 18.1 Å². The number of carbonyl (C=O) groups excluding carboxylic acids is 2. The lowest BCUT2D eigenvalue weighted by Crippen LogP contribution is -2.23. The van der Waals surface area contributed by atoms with Gasteiger partial charge in [0.2, 0.25) is 0 Å². The Morgan fingerprint density at radius 2 is 1.88 bits per heavy atom. The van der Waals surface area contributed by atoms with Gasteiger partial charge in [0.25, 0.3) is 5.91 Å². The minimum absolute atomic E-state index is 0.355. The summed E-state index contributed by atoms with van der Waals surface area (Å²) in [4.78, 5) is 24.2. The number of esters is 1. The lowest BCUT2D eigenvalue weighted by atomic mass is 9.97. The van der Waals surface area contributed by atoms with Gasteiger partial charge >= 0.3 is 5.97 Å². The highest BCUT2D eigenvalue weighted by molar-refractivity contribution is 6.32. The Hall–Kier alpha value is -2.53. The monoisotopic (exact) mass is 361 g/mol. The van der Waals surface area contributed by atoms with Crippen LogP contribution in [0.2, 0.25) is 5.02 Å². The Labute approximate surface area is 151 Å². The van der Waals surface area contributed by atoms with E-state index in [0.29, 0.717) is 22.9 Å². The fourth-order valence-corrected chi connectivity index (χ4v) is 2.66. The summed E-state index contributed by atoms with van der Waals surface area (Å²) in [5.74, 6) is -0.724. The molecule has 0 saturated carbocycles. The van der Waals surface area contributed by atoms with E-state index in [9.17, 15) is 9.59 Å². The maximum Gasteiger partial charge on any atom is 0.313 e. The molecule has 0 fully saturated rings. The van der Waals surface area contributed by atoms with Crippen molar-refractivity contribution in [3.05, 3.63) is 59.1 Å². The molecule has 1 amide bonds. The summed E-state index contributed by atoms with van der Waals surface area (Å²) < 4.78 is 10.2. The summed E-state index contributed by atoms with van der Waals surface area (Å²) in [6.07, 6.45) is 0.596. The molecule has 1 N–H and O–H groups in total. The number of ether oxygens (including phenoxy) is 2. The van der Waals surface area contributed by atoms with Crippen LogP contribution < -0.4 is 10.1 Å². The van der Waals surface area contributed by atoms with Crippen molar-refractivity contribution >= 4 is 29.2 Å². The van der Waals surface area contributed by atoms with E-state index in [-0.39, 0.29) is 12.5 Å². The molecule has 0 aliphatic rings. The van der Waals surface area contributed by atoms with Gasteiger partial charge in [0, 0.05) is 5.69 Å². The molecular weight excluding hydrogens is 342 g/mol. The number of rotatable bonds is 7. The third-order valence-corrected chi connectivity index (χ3v) is 3.97. The second-order valence-electron chi connectivity index (χ2n) is 5.38. The van der Waals surface area contributed by atoms with Crippen LogP contribution in [0.25, 0.3) is 0 Å². The molecule has 25 heavy (non-hydrogen) atoms. The van der Waals surface area contributed by atoms with E-state index in [2.05, 4.69) is 5.32 Å². The number of benzene rings is 2. The first-order valence-electron chi connectivity index (χ1n) is 7.90. The summed E-state index contributed by atoms with van der Waals surface area (Å²) in [6, 6.07) is 14.2. The van der Waals surface area contributed by atoms with Crippen LogP contribution in [0.1, 0.15) is 24.8 Å². The highest BCUT2D eigenvalue weighted by atomic mass is 35.5. The highest BCUT2D eigenvalue weighted by Gasteiger charge is 2.21. The molecule has 2 rings (SSSR count). The van der Waals surface area contributed by atoms with Gasteiger partial charge in [-0.1, -0.05) is 48.9 Å². The van der Waals surface area contributed by atoms with Gasteiger partial charge in [0.1, 0.15) is 5.75 Å². The number of amides is 1. The maximum absolute atomic E-state index is 12.2. The zero-order valence-corrected chi connectivity index (χ0v) is 14.9. The van der Waals surface area contributed by atoms with Crippen LogP contribution >= 0.6 is 11.6 Å². The molecule has 0 aromatic heterocycles. The van der Waals surface area contributed by atoms with Gasteiger partial charge in [-0.3, -0.25) is 9.59 Å². The number of anilines is 1. The lowest BCUT2D eigenvalue weighted by molar-refractivity contribution is -0.149. The topological polar surface area (TPSA) is 64.6 Å². The molecular formula is C19H20ClNO4. The van der Waals surface area contributed by atoms with Gasteiger partial charge in [-0.15, -0.1) is 0 Å². The molecule has 0 saturated heterocycles. The SMILES string of the molecule is CC[C@@H](C(=O)OCC(=O)Nc1ccc(OC)c(Cl)c1)c1ccccc1. The molecule has 0 spiro atoms. The lowest BCUT2D eigenvalue weighted by Gasteiger charge is -2.14. The number of methoxy groups -OCH3 is 1. The minimum Gasteiger partial charge on any atom is -0.495 e. The molecule has 5 nitrogen and oxygen atoms in total. The van der Waals surface area contributed by atoms with Crippen LogP contribution in [-0.2, 0) is 14.3 Å². The quantitative estimate of drug-likeness (QED) is 0.756. The van der Waals surface area contributed by atoms with E-state index in [0.717, 1.165) is 5.56 Å². The smallest absolute Gasteiger partial charge is 0.313 e.